The maximum absolute atomic E-state index is 11.8. The number of esters is 1. The SMILES string of the molecule is CCOC(=O)c1nc(C2CCC[C@H](CO)C2)[nH]c(=O)c1O. The first kappa shape index (κ1) is 15.5. The summed E-state index contributed by atoms with van der Waals surface area (Å²) < 4.78 is 4.79. The molecule has 1 aromatic rings. The van der Waals surface area contributed by atoms with Gasteiger partial charge in [-0.1, -0.05) is 6.42 Å². The van der Waals surface area contributed by atoms with E-state index in [9.17, 15) is 19.8 Å². The molecule has 1 unspecified atom stereocenters. The Labute approximate surface area is 122 Å². The largest absolute Gasteiger partial charge is 0.501 e. The average molecular weight is 296 g/mol. The van der Waals surface area contributed by atoms with Crippen molar-refractivity contribution in [3.63, 3.8) is 0 Å². The lowest BCUT2D eigenvalue weighted by atomic mass is 9.81. The first-order chi connectivity index (χ1) is 10.1. The predicted molar refractivity (Wildman–Crippen MR) is 74.3 cm³/mol. The van der Waals surface area contributed by atoms with Gasteiger partial charge in [0.25, 0.3) is 5.56 Å². The molecule has 1 aliphatic rings. The number of ether oxygens (including phenoxy) is 1. The molecule has 0 spiro atoms. The van der Waals surface area contributed by atoms with Gasteiger partial charge in [-0.15, -0.1) is 0 Å². The summed E-state index contributed by atoms with van der Waals surface area (Å²) in [5.41, 5.74) is -1.09. The van der Waals surface area contributed by atoms with Gasteiger partial charge < -0.3 is 19.9 Å². The lowest BCUT2D eigenvalue weighted by Gasteiger charge is -2.27. The molecule has 0 aliphatic heterocycles. The van der Waals surface area contributed by atoms with Crippen LogP contribution in [0.3, 0.4) is 0 Å². The van der Waals surface area contributed by atoms with Gasteiger partial charge in [-0.05, 0) is 32.1 Å². The fraction of sp³-hybridized carbons (Fsp3) is 0.643. The van der Waals surface area contributed by atoms with Crippen molar-refractivity contribution in [1.82, 2.24) is 9.97 Å². The Morgan fingerprint density at radius 2 is 2.24 bits per heavy atom. The Morgan fingerprint density at radius 1 is 1.48 bits per heavy atom. The van der Waals surface area contributed by atoms with Crippen LogP contribution in [-0.4, -0.2) is 39.4 Å². The van der Waals surface area contributed by atoms with Gasteiger partial charge in [-0.25, -0.2) is 9.78 Å². The van der Waals surface area contributed by atoms with Crippen LogP contribution in [0.4, 0.5) is 0 Å². The smallest absolute Gasteiger partial charge is 0.361 e. The highest BCUT2D eigenvalue weighted by Gasteiger charge is 2.27. The number of H-pyrrole nitrogens is 1. The van der Waals surface area contributed by atoms with E-state index in [4.69, 9.17) is 4.74 Å². The van der Waals surface area contributed by atoms with Crippen LogP contribution in [0.1, 0.15) is 54.8 Å². The molecule has 3 N–H and O–H groups in total. The van der Waals surface area contributed by atoms with Crippen LogP contribution < -0.4 is 5.56 Å². The Balaban J connectivity index is 2.32. The second-order valence-electron chi connectivity index (χ2n) is 5.28. The molecule has 2 rings (SSSR count). The van der Waals surface area contributed by atoms with E-state index < -0.39 is 17.3 Å². The zero-order valence-corrected chi connectivity index (χ0v) is 12.0. The summed E-state index contributed by atoms with van der Waals surface area (Å²) in [6.45, 7) is 1.87. The number of aliphatic hydroxyl groups is 1. The van der Waals surface area contributed by atoms with Crippen LogP contribution in [0, 0.1) is 5.92 Å². The van der Waals surface area contributed by atoms with Crippen LogP contribution in [0.5, 0.6) is 5.75 Å². The monoisotopic (exact) mass is 296 g/mol. The average Bonchev–Trinajstić information content (AvgIpc) is 2.50. The molecule has 0 radical (unpaired) electrons. The Kier molecular flexibility index (Phi) is 4.95. The van der Waals surface area contributed by atoms with Crippen LogP contribution in [-0.2, 0) is 4.74 Å². The van der Waals surface area contributed by atoms with E-state index in [1.54, 1.807) is 6.92 Å². The standard InChI is InChI=1S/C14H20N2O5/c1-2-21-14(20)10-11(18)13(19)16-12(15-10)9-5-3-4-8(6-9)7-17/h8-9,17-18H,2-7H2,1H3,(H,15,16,19)/t8-,9?/m0/s1. The van der Waals surface area contributed by atoms with Crippen molar-refractivity contribution in [2.75, 3.05) is 13.2 Å². The van der Waals surface area contributed by atoms with Crippen LogP contribution >= 0.6 is 0 Å². The summed E-state index contributed by atoms with van der Waals surface area (Å²) >= 11 is 0. The fourth-order valence-electron chi connectivity index (χ4n) is 2.72. The van der Waals surface area contributed by atoms with E-state index in [1.807, 2.05) is 0 Å². The lowest BCUT2D eigenvalue weighted by molar-refractivity contribution is 0.0514. The highest BCUT2D eigenvalue weighted by atomic mass is 16.5. The third-order valence-corrected chi connectivity index (χ3v) is 3.81. The molecular formula is C14H20N2O5. The summed E-state index contributed by atoms with van der Waals surface area (Å²) in [5, 5.41) is 18.9. The van der Waals surface area contributed by atoms with Gasteiger partial charge in [0.1, 0.15) is 5.82 Å². The number of carbonyl (C=O) groups excluding carboxylic acids is 1. The van der Waals surface area contributed by atoms with Crippen LogP contribution in [0.25, 0.3) is 0 Å². The number of aromatic nitrogens is 2. The molecule has 1 fully saturated rings. The molecule has 7 nitrogen and oxygen atoms in total. The lowest BCUT2D eigenvalue weighted by Crippen LogP contribution is -2.24. The van der Waals surface area contributed by atoms with Crippen molar-refractivity contribution >= 4 is 5.97 Å². The maximum Gasteiger partial charge on any atom is 0.361 e. The number of aliphatic hydroxyl groups excluding tert-OH is 1. The highest BCUT2D eigenvalue weighted by molar-refractivity contribution is 5.89. The predicted octanol–water partition coefficient (Wildman–Crippen LogP) is 0.918. The van der Waals surface area contributed by atoms with Crippen molar-refractivity contribution in [3.05, 3.63) is 21.9 Å². The first-order valence-electron chi connectivity index (χ1n) is 7.18. The molecule has 0 saturated heterocycles. The van der Waals surface area contributed by atoms with Gasteiger partial charge >= 0.3 is 5.97 Å². The van der Waals surface area contributed by atoms with Crippen molar-refractivity contribution in [1.29, 1.82) is 0 Å². The molecule has 2 atom stereocenters. The van der Waals surface area contributed by atoms with Gasteiger partial charge in [0.2, 0.25) is 5.75 Å². The minimum absolute atomic E-state index is 0.0302. The maximum atomic E-state index is 11.8. The Hall–Kier alpha value is -1.89. The molecule has 1 heterocycles. The van der Waals surface area contributed by atoms with Gasteiger partial charge in [0, 0.05) is 12.5 Å². The minimum Gasteiger partial charge on any atom is -0.501 e. The second kappa shape index (κ2) is 6.71. The minimum atomic E-state index is -0.808. The quantitative estimate of drug-likeness (QED) is 0.712. The van der Waals surface area contributed by atoms with Gasteiger partial charge in [-0.3, -0.25) is 4.79 Å². The number of aromatic amines is 1. The second-order valence-corrected chi connectivity index (χ2v) is 5.28. The third-order valence-electron chi connectivity index (χ3n) is 3.81. The van der Waals surface area contributed by atoms with Crippen molar-refractivity contribution in [3.8, 4) is 5.75 Å². The molecule has 0 aromatic carbocycles. The molecule has 0 bridgehead atoms. The van der Waals surface area contributed by atoms with E-state index in [1.165, 1.54) is 0 Å². The number of nitrogens with zero attached hydrogens (tertiary/aromatic N) is 1. The molecular weight excluding hydrogens is 276 g/mol. The van der Waals surface area contributed by atoms with E-state index in [2.05, 4.69) is 9.97 Å². The van der Waals surface area contributed by atoms with Gasteiger partial charge in [0.15, 0.2) is 5.69 Å². The molecule has 116 valence electrons. The van der Waals surface area contributed by atoms with Crippen LogP contribution in [0.15, 0.2) is 4.79 Å². The third kappa shape index (κ3) is 3.41. The number of aromatic hydroxyl groups is 1. The molecule has 21 heavy (non-hydrogen) atoms. The Morgan fingerprint density at radius 3 is 2.90 bits per heavy atom. The number of hydrogen-bond donors (Lipinski definition) is 3. The Bertz CT molecular complexity index is 569. The van der Waals surface area contributed by atoms with E-state index >= 15 is 0 Å². The van der Waals surface area contributed by atoms with Crippen LogP contribution in [0.2, 0.25) is 0 Å². The summed E-state index contributed by atoms with van der Waals surface area (Å²) in [7, 11) is 0. The highest BCUT2D eigenvalue weighted by Crippen LogP contribution is 2.34. The van der Waals surface area contributed by atoms with Crippen molar-refractivity contribution in [2.45, 2.75) is 38.5 Å². The number of rotatable bonds is 4. The molecule has 1 saturated carbocycles. The number of hydrogen-bond acceptors (Lipinski definition) is 6. The van der Waals surface area contributed by atoms with E-state index in [-0.39, 0.29) is 30.7 Å². The zero-order valence-electron chi connectivity index (χ0n) is 12.0. The molecule has 1 aromatic heterocycles. The molecule has 7 heteroatoms. The van der Waals surface area contributed by atoms with E-state index in [0.29, 0.717) is 12.2 Å². The summed E-state index contributed by atoms with van der Waals surface area (Å²) in [5.74, 6) is -1.01. The van der Waals surface area contributed by atoms with Crippen molar-refractivity contribution < 1.29 is 19.7 Å². The van der Waals surface area contributed by atoms with Crippen molar-refractivity contribution in [2.24, 2.45) is 5.92 Å². The normalized spacial score (nSPS) is 22.0. The van der Waals surface area contributed by atoms with Gasteiger partial charge in [-0.2, -0.15) is 0 Å². The first-order valence-corrected chi connectivity index (χ1v) is 7.18. The molecule has 0 amide bonds. The number of carbonyl (C=O) groups is 1. The summed E-state index contributed by atoms with van der Waals surface area (Å²) in [6.07, 6.45) is 3.40. The van der Waals surface area contributed by atoms with E-state index in [0.717, 1.165) is 19.3 Å². The summed E-state index contributed by atoms with van der Waals surface area (Å²) in [6, 6.07) is 0. The van der Waals surface area contributed by atoms with Gasteiger partial charge in [0.05, 0.1) is 6.61 Å². The topological polar surface area (TPSA) is 113 Å². The fourth-order valence-corrected chi connectivity index (χ4v) is 2.72. The number of nitrogens with one attached hydrogen (secondary N) is 1. The zero-order chi connectivity index (χ0) is 15.4. The molecule has 1 aliphatic carbocycles. The summed E-state index contributed by atoms with van der Waals surface area (Å²) in [4.78, 5) is 30.1.